The Morgan fingerprint density at radius 3 is 1.26 bits per heavy atom. The van der Waals surface area contributed by atoms with Crippen molar-refractivity contribution in [1.82, 2.24) is 24.9 Å². The van der Waals surface area contributed by atoms with Crippen molar-refractivity contribution in [3.8, 4) is 56.3 Å². The largest absolute Gasteiger partial charge is 0.456 e. The maximum atomic E-state index is 5.93. The van der Waals surface area contributed by atoms with Gasteiger partial charge in [-0.15, -0.1) is 0 Å². The third-order valence-corrected chi connectivity index (χ3v) is 20.6. The summed E-state index contributed by atoms with van der Waals surface area (Å²) in [6.45, 7) is 19.0. The van der Waals surface area contributed by atoms with E-state index in [1.165, 1.54) is 89.5 Å². The molecule has 0 amide bonds. The maximum absolute atomic E-state index is 5.93. The standard InChI is InChI=1S/4C19H17N2O.C18H15N2O/c1-12-5-7-21(3)17(8-12)14-10-15-16-11-20-6-4-18(16)22-19(15)9-13(14)2;1-12-5-7-21(3)17(8-12)15-10-16-14-4-6-20-11-19(14)22-18(16)9-13(15)2;1-12-6-8-21(3)16(9-12)14-11-15-18(10-13(14)2)22-17-5-4-7-20-19(15)17;1-12-6-8-21(3)17(9-12)15-11-16-14-5-4-7-20-19(14)22-18(16)10-13(15)2;1-12-14(16-8-5-6-10-20(16)2)11-15-13-7-3-4-9-17(13)21-18(15)19-12/h4*4-11H,1-3H3;3-11H,1-2H3/q5*+1. The highest BCUT2D eigenvalue weighted by molar-refractivity contribution is 6.09. The summed E-state index contributed by atoms with van der Waals surface area (Å²) in [4.78, 5) is 21.8. The summed E-state index contributed by atoms with van der Waals surface area (Å²) in [6, 6.07) is 62.9. The van der Waals surface area contributed by atoms with Crippen molar-refractivity contribution in [3.63, 3.8) is 0 Å². The van der Waals surface area contributed by atoms with Gasteiger partial charge in [0.05, 0.1) is 17.5 Å². The van der Waals surface area contributed by atoms with E-state index in [0.29, 0.717) is 11.4 Å². The fraction of sp³-hybridized carbons (Fsp3) is 0.149. The Labute approximate surface area is 630 Å². The van der Waals surface area contributed by atoms with Crippen LogP contribution in [-0.4, -0.2) is 24.9 Å². The minimum Gasteiger partial charge on any atom is -0.456 e. The van der Waals surface area contributed by atoms with Crippen LogP contribution in [0.25, 0.3) is 166 Å². The molecule has 15 aromatic heterocycles. The Hall–Kier alpha value is -13.4. The van der Waals surface area contributed by atoms with Crippen molar-refractivity contribution in [1.29, 1.82) is 0 Å². The minimum atomic E-state index is 0.697. The Morgan fingerprint density at radius 2 is 0.670 bits per heavy atom. The van der Waals surface area contributed by atoms with Gasteiger partial charge in [0, 0.05) is 162 Å². The first-order chi connectivity index (χ1) is 52.8. The van der Waals surface area contributed by atoms with E-state index in [9.17, 15) is 0 Å². The number of hydrogen-bond acceptors (Lipinski definition) is 10. The second kappa shape index (κ2) is 28.8. The minimum absolute atomic E-state index is 0.697. The number of rotatable bonds is 5. The first kappa shape index (κ1) is 69.9. The molecule has 15 heteroatoms. The number of pyridine rings is 10. The monoisotopic (exact) mass is 1430 g/mol. The van der Waals surface area contributed by atoms with Crippen molar-refractivity contribution in [2.24, 2.45) is 35.2 Å². The average molecular weight is 1430 g/mol. The molecule has 20 rings (SSSR count). The second-order valence-electron chi connectivity index (χ2n) is 28.6. The molecule has 534 valence electrons. The van der Waals surface area contributed by atoms with Crippen LogP contribution >= 0.6 is 0 Å². The van der Waals surface area contributed by atoms with Gasteiger partial charge in [-0.1, -0.05) is 18.2 Å². The Kier molecular flexibility index (Phi) is 18.5. The number of nitrogens with zero attached hydrogens (tertiary/aromatic N) is 10. The number of fused-ring (bicyclic) bond motifs is 15. The van der Waals surface area contributed by atoms with Crippen LogP contribution in [0.3, 0.4) is 0 Å². The quantitative estimate of drug-likeness (QED) is 0.152. The van der Waals surface area contributed by atoms with Crippen LogP contribution in [0.2, 0.25) is 0 Å². The van der Waals surface area contributed by atoms with Crippen molar-refractivity contribution in [3.05, 3.63) is 300 Å². The number of furan rings is 5. The van der Waals surface area contributed by atoms with Crippen LogP contribution in [0.1, 0.15) is 50.2 Å². The van der Waals surface area contributed by atoms with Gasteiger partial charge < -0.3 is 22.1 Å². The number of aryl methyl sites for hydroxylation is 14. The summed E-state index contributed by atoms with van der Waals surface area (Å²) >= 11 is 0. The van der Waals surface area contributed by atoms with Gasteiger partial charge >= 0.3 is 0 Å². The van der Waals surface area contributed by atoms with E-state index in [-0.39, 0.29) is 0 Å². The van der Waals surface area contributed by atoms with Crippen LogP contribution < -0.4 is 22.8 Å². The van der Waals surface area contributed by atoms with E-state index in [1.807, 2.05) is 99.4 Å². The maximum Gasteiger partial charge on any atom is 0.227 e. The van der Waals surface area contributed by atoms with Gasteiger partial charge in [-0.05, 0) is 210 Å². The predicted octanol–water partition coefficient (Wildman–Crippen LogP) is 20.1. The van der Waals surface area contributed by atoms with Crippen LogP contribution in [0.5, 0.6) is 0 Å². The lowest BCUT2D eigenvalue weighted by molar-refractivity contribution is -0.660. The zero-order chi connectivity index (χ0) is 75.5. The van der Waals surface area contributed by atoms with Crippen molar-refractivity contribution < 1.29 is 44.9 Å². The number of hydrogen-bond donors (Lipinski definition) is 0. The molecule has 109 heavy (non-hydrogen) atoms. The van der Waals surface area contributed by atoms with Gasteiger partial charge in [-0.25, -0.2) is 32.8 Å². The molecular formula is C94H83N10O5+5. The van der Waals surface area contributed by atoms with Gasteiger partial charge in [0.1, 0.15) is 74.3 Å². The smallest absolute Gasteiger partial charge is 0.227 e. The SMILES string of the molecule is Cc1cc[n+](C)c(-c2cc3c(cc2C)oc2cccnc23)c1.Cc1cc[n+](C)c(-c2cc3c(cc2C)oc2ccncc23)c1.Cc1cc[n+](C)c(-c2cc3c(cc2C)oc2cnccc23)c1.Cc1cc[n+](C)c(-c2cc3c(cc2C)oc2ncccc23)c1.Cc1nc2oc3ccccc3c2cc1-c1cccc[n+]1C. The van der Waals surface area contributed by atoms with Crippen LogP contribution in [0.4, 0.5) is 0 Å². The third kappa shape index (κ3) is 13.6. The molecule has 0 N–H and O–H groups in total. The second-order valence-corrected chi connectivity index (χ2v) is 28.6. The highest BCUT2D eigenvalue weighted by Gasteiger charge is 2.23. The number of para-hydroxylation sites is 1. The lowest BCUT2D eigenvalue weighted by atomic mass is 10.0. The molecule has 15 heterocycles. The zero-order valence-electron chi connectivity index (χ0n) is 63.7. The zero-order valence-corrected chi connectivity index (χ0v) is 63.7. The molecule has 0 radical (unpaired) electrons. The van der Waals surface area contributed by atoms with Gasteiger partial charge in [0.15, 0.2) is 42.2 Å². The molecule has 20 aromatic rings. The highest BCUT2D eigenvalue weighted by Crippen LogP contribution is 2.39. The van der Waals surface area contributed by atoms with Crippen LogP contribution in [-0.2, 0) is 35.2 Å². The Balaban J connectivity index is 0.000000104. The fourth-order valence-electron chi connectivity index (χ4n) is 14.7. The fourth-order valence-corrected chi connectivity index (χ4v) is 14.7. The van der Waals surface area contributed by atoms with Crippen molar-refractivity contribution in [2.45, 2.75) is 62.3 Å². The summed E-state index contributed by atoms with van der Waals surface area (Å²) in [6.07, 6.45) is 21.2. The van der Waals surface area contributed by atoms with E-state index >= 15 is 0 Å². The molecule has 0 saturated heterocycles. The summed E-state index contributed by atoms with van der Waals surface area (Å²) in [5, 5.41) is 9.85. The molecular weight excluding hydrogens is 1350 g/mol. The molecule has 0 spiro atoms. The molecule has 0 aliphatic heterocycles. The van der Waals surface area contributed by atoms with E-state index < -0.39 is 0 Å². The molecule has 15 nitrogen and oxygen atoms in total. The molecule has 0 atom stereocenters. The molecule has 0 aliphatic carbocycles. The lowest BCUT2D eigenvalue weighted by Gasteiger charge is -2.05. The lowest BCUT2D eigenvalue weighted by Crippen LogP contribution is -2.30. The van der Waals surface area contributed by atoms with E-state index in [1.54, 1.807) is 18.6 Å². The van der Waals surface area contributed by atoms with E-state index in [0.717, 1.165) is 116 Å². The van der Waals surface area contributed by atoms with Gasteiger partial charge in [0.2, 0.25) is 39.9 Å². The average Bonchev–Trinajstić information content (AvgIpc) is 1.66. The van der Waals surface area contributed by atoms with Crippen molar-refractivity contribution in [2.75, 3.05) is 0 Å². The first-order valence-electron chi connectivity index (χ1n) is 36.5. The number of benzene rings is 5. The van der Waals surface area contributed by atoms with Crippen LogP contribution in [0.15, 0.2) is 272 Å². The number of aromatic nitrogens is 10. The molecule has 0 saturated carbocycles. The van der Waals surface area contributed by atoms with Gasteiger partial charge in [-0.3, -0.25) is 15.0 Å². The Morgan fingerprint density at radius 1 is 0.257 bits per heavy atom. The highest BCUT2D eigenvalue weighted by atomic mass is 16.4. The molecule has 0 fully saturated rings. The first-order valence-corrected chi connectivity index (χ1v) is 36.5. The third-order valence-electron chi connectivity index (χ3n) is 20.6. The topological polar surface area (TPSA) is 150 Å². The predicted molar refractivity (Wildman–Crippen MR) is 433 cm³/mol. The van der Waals surface area contributed by atoms with Gasteiger partial charge in [0.25, 0.3) is 0 Å². The summed E-state index contributed by atoms with van der Waals surface area (Å²) in [7, 11) is 10.4. The summed E-state index contributed by atoms with van der Waals surface area (Å²) in [5.74, 6) is 0. The van der Waals surface area contributed by atoms with Gasteiger partial charge in [-0.2, -0.15) is 0 Å². The van der Waals surface area contributed by atoms with E-state index in [4.69, 9.17) is 22.1 Å². The van der Waals surface area contributed by atoms with Crippen LogP contribution in [0, 0.1) is 62.3 Å². The van der Waals surface area contributed by atoms with Crippen molar-refractivity contribution >= 4 is 110 Å². The Bertz CT molecular complexity index is 6290. The summed E-state index contributed by atoms with van der Waals surface area (Å²) in [5.41, 5.74) is 32.2. The molecule has 0 unspecified atom stereocenters. The molecule has 0 bridgehead atoms. The summed E-state index contributed by atoms with van der Waals surface area (Å²) < 4.78 is 40.2. The molecule has 5 aromatic carbocycles. The normalized spacial score (nSPS) is 11.4. The molecule has 0 aliphatic rings. The van der Waals surface area contributed by atoms with E-state index in [2.05, 4.69) is 277 Å².